The number of hydrogen-bond donors (Lipinski definition) is 1. The summed E-state index contributed by atoms with van der Waals surface area (Å²) in [4.78, 5) is 23.8. The molecular weight excluding hydrogens is 250 g/mol. The fraction of sp³-hybridized carbons (Fsp3) is 0.538. The average molecular weight is 267 g/mol. The van der Waals surface area contributed by atoms with Crippen LogP contribution in [0.3, 0.4) is 0 Å². The number of carbonyl (C=O) groups is 2. The number of amides is 1. The van der Waals surface area contributed by atoms with E-state index < -0.39 is 0 Å². The molecule has 2 rings (SSSR count). The molecule has 1 heterocycles. The molecule has 0 bridgehead atoms. The molecule has 0 aromatic carbocycles. The Morgan fingerprint density at radius 2 is 2.00 bits per heavy atom. The monoisotopic (exact) mass is 267 g/mol. The minimum Gasteiger partial charge on any atom is -0.465 e. The summed E-state index contributed by atoms with van der Waals surface area (Å²) in [6.45, 7) is 0. The van der Waals surface area contributed by atoms with Gasteiger partial charge < -0.3 is 10.1 Å². The molecular formula is C13H17NO3S. The molecule has 0 unspecified atom stereocenters. The van der Waals surface area contributed by atoms with Gasteiger partial charge >= 0.3 is 5.97 Å². The molecule has 1 aliphatic rings. The van der Waals surface area contributed by atoms with Gasteiger partial charge in [-0.25, -0.2) is 4.79 Å². The average Bonchev–Trinajstić information content (AvgIpc) is 2.87. The number of carbonyl (C=O) groups excluding carboxylic acids is 2. The van der Waals surface area contributed by atoms with Gasteiger partial charge in [0.1, 0.15) is 4.88 Å². The Morgan fingerprint density at radius 3 is 2.67 bits per heavy atom. The first-order valence-electron chi connectivity index (χ1n) is 6.19. The van der Waals surface area contributed by atoms with Crippen LogP contribution >= 0.6 is 11.3 Å². The number of methoxy groups -OCH3 is 1. The zero-order chi connectivity index (χ0) is 13.0. The van der Waals surface area contributed by atoms with Crippen molar-refractivity contribution in [2.45, 2.75) is 32.1 Å². The molecule has 0 aliphatic heterocycles. The van der Waals surface area contributed by atoms with Crippen LogP contribution in [-0.2, 0) is 9.53 Å². The van der Waals surface area contributed by atoms with Crippen molar-refractivity contribution >= 4 is 28.2 Å². The summed E-state index contributed by atoms with van der Waals surface area (Å²) in [5.41, 5.74) is 0. The van der Waals surface area contributed by atoms with Crippen LogP contribution in [0.1, 0.15) is 41.8 Å². The molecule has 1 fully saturated rings. The summed E-state index contributed by atoms with van der Waals surface area (Å²) in [6, 6.07) is 3.42. The van der Waals surface area contributed by atoms with Crippen LogP contribution in [0.5, 0.6) is 0 Å². The van der Waals surface area contributed by atoms with Gasteiger partial charge in [0.2, 0.25) is 5.91 Å². The van der Waals surface area contributed by atoms with E-state index in [4.69, 9.17) is 0 Å². The van der Waals surface area contributed by atoms with E-state index in [1.807, 2.05) is 0 Å². The molecule has 98 valence electrons. The largest absolute Gasteiger partial charge is 0.465 e. The Kier molecular flexibility index (Phi) is 4.36. The van der Waals surface area contributed by atoms with Crippen LogP contribution in [0.2, 0.25) is 0 Å². The molecule has 5 heteroatoms. The molecule has 4 nitrogen and oxygen atoms in total. The minimum absolute atomic E-state index is 0.0768. The van der Waals surface area contributed by atoms with Crippen molar-refractivity contribution in [3.63, 3.8) is 0 Å². The Hall–Kier alpha value is -1.36. The fourth-order valence-electron chi connectivity index (χ4n) is 2.20. The Labute approximate surface area is 110 Å². The first kappa shape index (κ1) is 13.1. The molecule has 0 saturated heterocycles. The third kappa shape index (κ3) is 3.10. The van der Waals surface area contributed by atoms with Crippen molar-refractivity contribution in [2.24, 2.45) is 5.92 Å². The van der Waals surface area contributed by atoms with E-state index in [2.05, 4.69) is 10.1 Å². The van der Waals surface area contributed by atoms with Gasteiger partial charge in [0.15, 0.2) is 0 Å². The smallest absolute Gasteiger partial charge is 0.348 e. The second-order valence-corrected chi connectivity index (χ2v) is 5.56. The van der Waals surface area contributed by atoms with Gasteiger partial charge in [-0.1, -0.05) is 19.3 Å². The molecule has 1 amide bonds. The van der Waals surface area contributed by atoms with E-state index in [-0.39, 0.29) is 17.8 Å². The van der Waals surface area contributed by atoms with E-state index >= 15 is 0 Å². The molecule has 1 saturated carbocycles. The SMILES string of the molecule is COC(=O)c1ccc(NC(=O)C2CCCCC2)s1. The number of nitrogens with one attached hydrogen (secondary N) is 1. The molecule has 1 aromatic rings. The Morgan fingerprint density at radius 1 is 1.28 bits per heavy atom. The molecule has 1 aliphatic carbocycles. The summed E-state index contributed by atoms with van der Waals surface area (Å²) in [7, 11) is 1.35. The van der Waals surface area contributed by atoms with Crippen molar-refractivity contribution in [2.75, 3.05) is 12.4 Å². The summed E-state index contributed by atoms with van der Waals surface area (Å²) >= 11 is 1.25. The summed E-state index contributed by atoms with van der Waals surface area (Å²) < 4.78 is 4.63. The van der Waals surface area contributed by atoms with Gasteiger partial charge in [-0.3, -0.25) is 4.79 Å². The molecule has 0 spiro atoms. The van der Waals surface area contributed by atoms with E-state index in [1.54, 1.807) is 12.1 Å². The number of hydrogen-bond acceptors (Lipinski definition) is 4. The topological polar surface area (TPSA) is 55.4 Å². The van der Waals surface area contributed by atoms with Gasteiger partial charge in [0, 0.05) is 5.92 Å². The highest BCUT2D eigenvalue weighted by molar-refractivity contribution is 7.18. The van der Waals surface area contributed by atoms with Crippen LogP contribution in [0.25, 0.3) is 0 Å². The van der Waals surface area contributed by atoms with Gasteiger partial charge in [-0.05, 0) is 25.0 Å². The molecule has 18 heavy (non-hydrogen) atoms. The van der Waals surface area contributed by atoms with E-state index in [9.17, 15) is 9.59 Å². The highest BCUT2D eigenvalue weighted by Crippen LogP contribution is 2.27. The third-order valence-corrected chi connectivity index (χ3v) is 4.20. The zero-order valence-corrected chi connectivity index (χ0v) is 11.2. The van der Waals surface area contributed by atoms with Crippen LogP contribution in [0, 0.1) is 5.92 Å². The van der Waals surface area contributed by atoms with E-state index in [0.717, 1.165) is 25.7 Å². The number of ether oxygens (including phenoxy) is 1. The van der Waals surface area contributed by atoms with Crippen LogP contribution in [0.15, 0.2) is 12.1 Å². The maximum atomic E-state index is 12.0. The molecule has 1 N–H and O–H groups in total. The highest BCUT2D eigenvalue weighted by atomic mass is 32.1. The normalized spacial score (nSPS) is 16.3. The lowest BCUT2D eigenvalue weighted by molar-refractivity contribution is -0.120. The van der Waals surface area contributed by atoms with E-state index in [0.29, 0.717) is 9.88 Å². The van der Waals surface area contributed by atoms with Crippen molar-refractivity contribution in [1.29, 1.82) is 0 Å². The third-order valence-electron chi connectivity index (χ3n) is 3.21. The predicted octanol–water partition coefficient (Wildman–Crippen LogP) is 3.05. The number of thiophene rings is 1. The van der Waals surface area contributed by atoms with Crippen molar-refractivity contribution < 1.29 is 14.3 Å². The quantitative estimate of drug-likeness (QED) is 0.856. The predicted molar refractivity (Wildman–Crippen MR) is 70.9 cm³/mol. The van der Waals surface area contributed by atoms with Crippen molar-refractivity contribution in [3.05, 3.63) is 17.0 Å². The van der Waals surface area contributed by atoms with E-state index in [1.165, 1.54) is 24.9 Å². The number of anilines is 1. The highest BCUT2D eigenvalue weighted by Gasteiger charge is 2.21. The number of esters is 1. The maximum absolute atomic E-state index is 12.0. The minimum atomic E-state index is -0.363. The second-order valence-electron chi connectivity index (χ2n) is 4.48. The van der Waals surface area contributed by atoms with Crippen molar-refractivity contribution in [3.8, 4) is 0 Å². The number of rotatable bonds is 3. The summed E-state index contributed by atoms with van der Waals surface area (Å²) in [5, 5.41) is 3.60. The van der Waals surface area contributed by atoms with Crippen LogP contribution in [-0.4, -0.2) is 19.0 Å². The molecule has 0 atom stereocenters. The lowest BCUT2D eigenvalue weighted by atomic mass is 9.89. The van der Waals surface area contributed by atoms with Gasteiger partial charge in [0.05, 0.1) is 12.1 Å². The molecule has 0 radical (unpaired) electrons. The van der Waals surface area contributed by atoms with Crippen molar-refractivity contribution in [1.82, 2.24) is 0 Å². The zero-order valence-electron chi connectivity index (χ0n) is 10.4. The summed E-state index contributed by atoms with van der Waals surface area (Å²) in [6.07, 6.45) is 5.45. The van der Waals surface area contributed by atoms with Crippen LogP contribution in [0.4, 0.5) is 5.00 Å². The Bertz CT molecular complexity index is 435. The fourth-order valence-corrected chi connectivity index (χ4v) is 3.03. The standard InChI is InChI=1S/C13H17NO3S/c1-17-13(16)10-7-8-11(18-10)14-12(15)9-5-3-2-4-6-9/h7-9H,2-6H2,1H3,(H,14,15). The lowest BCUT2D eigenvalue weighted by Gasteiger charge is -2.20. The Balaban J connectivity index is 1.94. The van der Waals surface area contributed by atoms with Crippen LogP contribution < -0.4 is 5.32 Å². The second kappa shape index (κ2) is 6.00. The molecule has 1 aromatic heterocycles. The maximum Gasteiger partial charge on any atom is 0.348 e. The first-order chi connectivity index (χ1) is 8.70. The van der Waals surface area contributed by atoms with Gasteiger partial charge in [-0.15, -0.1) is 11.3 Å². The van der Waals surface area contributed by atoms with Gasteiger partial charge in [-0.2, -0.15) is 0 Å². The van der Waals surface area contributed by atoms with Gasteiger partial charge in [0.25, 0.3) is 0 Å². The summed E-state index contributed by atoms with van der Waals surface area (Å²) in [5.74, 6) is -0.159. The first-order valence-corrected chi connectivity index (χ1v) is 7.01. The lowest BCUT2D eigenvalue weighted by Crippen LogP contribution is -2.24.